The molecule has 0 fully saturated rings. The van der Waals surface area contributed by atoms with Crippen LogP contribution in [-0.4, -0.2) is 34.9 Å². The predicted molar refractivity (Wildman–Crippen MR) is 170 cm³/mol. The van der Waals surface area contributed by atoms with Crippen molar-refractivity contribution in [2.75, 3.05) is 7.11 Å². The summed E-state index contributed by atoms with van der Waals surface area (Å²) in [5, 5.41) is 4.04. The molecule has 1 aromatic heterocycles. The van der Waals surface area contributed by atoms with Crippen molar-refractivity contribution in [2.45, 2.75) is 72.8 Å². The second-order valence-corrected chi connectivity index (χ2v) is 11.8. The van der Waals surface area contributed by atoms with E-state index >= 15 is 0 Å². The van der Waals surface area contributed by atoms with Gasteiger partial charge in [0, 0.05) is 35.8 Å². The first-order chi connectivity index (χ1) is 19.9. The normalized spacial score (nSPS) is 13.3. The van der Waals surface area contributed by atoms with Crippen molar-refractivity contribution >= 4 is 22.8 Å². The number of allylic oxidation sites excluding steroid dienone is 1. The van der Waals surface area contributed by atoms with Gasteiger partial charge in [0.1, 0.15) is 5.60 Å². The maximum absolute atomic E-state index is 13.1. The van der Waals surface area contributed by atoms with Gasteiger partial charge in [0.05, 0.1) is 5.56 Å². The minimum absolute atomic E-state index is 0.186. The van der Waals surface area contributed by atoms with Gasteiger partial charge in [0.15, 0.2) is 5.72 Å². The van der Waals surface area contributed by atoms with Crippen molar-refractivity contribution in [3.8, 4) is 11.1 Å². The molecular weight excluding hydrogens is 524 g/mol. The number of hydrogen-bond acceptors (Lipinski definition) is 4. The third kappa shape index (κ3) is 6.82. The summed E-state index contributed by atoms with van der Waals surface area (Å²) >= 11 is 0. The molecule has 4 rings (SSSR count). The molecule has 1 unspecified atom stereocenters. The van der Waals surface area contributed by atoms with Gasteiger partial charge in [0.25, 0.3) is 5.91 Å². The zero-order chi connectivity index (χ0) is 30.7. The standard InChI is InChI=1S/C36H42N2O4/c1-9-10-21-36(7,41-8)37-33(39)28-19-20-32-31(22-28)24(2)25(3)38(32)23-26-15-17-27(18-16-26)29-13-11-12-14-30(29)34(40)42-35(4,5)6/h10-22H,9,23H2,1-8H3,(H,37,39)/b21-10-. The highest BCUT2D eigenvalue weighted by Crippen LogP contribution is 2.29. The number of hydrogen-bond donors (Lipinski definition) is 1. The monoisotopic (exact) mass is 566 g/mol. The van der Waals surface area contributed by atoms with Gasteiger partial charge in [-0.25, -0.2) is 4.79 Å². The van der Waals surface area contributed by atoms with Crippen LogP contribution in [0.4, 0.5) is 0 Å². The number of esters is 1. The molecule has 0 bridgehead atoms. The molecule has 3 aromatic carbocycles. The molecular formula is C36H42N2O4. The molecule has 0 aliphatic rings. The summed E-state index contributed by atoms with van der Waals surface area (Å²) in [6.45, 7) is 14.4. The van der Waals surface area contributed by atoms with Crippen LogP contribution in [0.25, 0.3) is 22.0 Å². The lowest BCUT2D eigenvalue weighted by molar-refractivity contribution is 0.00696. The quantitative estimate of drug-likeness (QED) is 0.127. The average molecular weight is 567 g/mol. The topological polar surface area (TPSA) is 69.6 Å². The number of aryl methyl sites for hydroxylation is 1. The van der Waals surface area contributed by atoms with E-state index in [1.54, 1.807) is 7.11 Å². The lowest BCUT2D eigenvalue weighted by Gasteiger charge is -2.26. The number of aromatic nitrogens is 1. The van der Waals surface area contributed by atoms with Crippen LogP contribution < -0.4 is 5.32 Å². The number of carbonyl (C=O) groups excluding carboxylic acids is 2. The van der Waals surface area contributed by atoms with E-state index in [4.69, 9.17) is 9.47 Å². The number of fused-ring (bicyclic) bond motifs is 1. The SMILES string of the molecule is CC/C=C\C(C)(NC(=O)c1ccc2c(c1)c(C)c(C)n2Cc1ccc(-c2ccccc2C(=O)OC(C)(C)C)cc1)OC. The van der Waals surface area contributed by atoms with Crippen molar-refractivity contribution in [1.29, 1.82) is 0 Å². The third-order valence-electron chi connectivity index (χ3n) is 7.51. The van der Waals surface area contributed by atoms with Gasteiger partial charge < -0.3 is 19.4 Å². The molecule has 0 radical (unpaired) electrons. The molecule has 6 heteroatoms. The number of nitrogens with zero attached hydrogens (tertiary/aromatic N) is 1. The van der Waals surface area contributed by atoms with E-state index in [9.17, 15) is 9.59 Å². The van der Waals surface area contributed by atoms with Gasteiger partial charge in [0.2, 0.25) is 0 Å². The third-order valence-corrected chi connectivity index (χ3v) is 7.51. The summed E-state index contributed by atoms with van der Waals surface area (Å²) in [5.41, 5.74) is 5.99. The van der Waals surface area contributed by atoms with Crippen molar-refractivity contribution in [1.82, 2.24) is 9.88 Å². The number of nitrogens with one attached hydrogen (secondary N) is 1. The average Bonchev–Trinajstić information content (AvgIpc) is 3.19. The summed E-state index contributed by atoms with van der Waals surface area (Å²) < 4.78 is 13.5. The second-order valence-electron chi connectivity index (χ2n) is 11.8. The minimum atomic E-state index is -0.876. The van der Waals surface area contributed by atoms with Gasteiger partial charge in [-0.1, -0.05) is 55.5 Å². The predicted octanol–water partition coefficient (Wildman–Crippen LogP) is 7.99. The Morgan fingerprint density at radius 3 is 2.29 bits per heavy atom. The lowest BCUT2D eigenvalue weighted by atomic mass is 9.98. The van der Waals surface area contributed by atoms with E-state index in [0.717, 1.165) is 45.3 Å². The zero-order valence-electron chi connectivity index (χ0n) is 26.0. The molecule has 1 N–H and O–H groups in total. The molecule has 220 valence electrons. The van der Waals surface area contributed by atoms with Crippen molar-refractivity contribution in [2.24, 2.45) is 0 Å². The molecule has 0 saturated heterocycles. The van der Waals surface area contributed by atoms with E-state index in [2.05, 4.69) is 48.0 Å². The van der Waals surface area contributed by atoms with E-state index in [1.165, 1.54) is 0 Å². The largest absolute Gasteiger partial charge is 0.456 e. The van der Waals surface area contributed by atoms with E-state index in [0.29, 0.717) is 17.7 Å². The van der Waals surface area contributed by atoms with Crippen LogP contribution in [0.15, 0.2) is 78.9 Å². The zero-order valence-corrected chi connectivity index (χ0v) is 26.0. The first-order valence-corrected chi connectivity index (χ1v) is 14.4. The number of benzene rings is 3. The fourth-order valence-corrected chi connectivity index (χ4v) is 5.01. The Kier molecular flexibility index (Phi) is 9.07. The van der Waals surface area contributed by atoms with Gasteiger partial charge in [-0.3, -0.25) is 4.79 Å². The highest BCUT2D eigenvalue weighted by molar-refractivity contribution is 6.00. The molecule has 6 nitrogen and oxygen atoms in total. The smallest absolute Gasteiger partial charge is 0.339 e. The van der Waals surface area contributed by atoms with Gasteiger partial charge in [-0.15, -0.1) is 0 Å². The first-order valence-electron chi connectivity index (χ1n) is 14.4. The molecule has 0 saturated carbocycles. The number of rotatable bonds is 9. The van der Waals surface area contributed by atoms with E-state index < -0.39 is 11.3 Å². The van der Waals surface area contributed by atoms with Gasteiger partial charge in [-0.2, -0.15) is 0 Å². The van der Waals surface area contributed by atoms with Gasteiger partial charge in [-0.05, 0) is 101 Å². The van der Waals surface area contributed by atoms with E-state index in [-0.39, 0.29) is 11.9 Å². The summed E-state index contributed by atoms with van der Waals surface area (Å²) in [5.74, 6) is -0.515. The number of ether oxygens (including phenoxy) is 2. The first kappa shape index (κ1) is 30.8. The maximum atomic E-state index is 13.1. The maximum Gasteiger partial charge on any atom is 0.339 e. The van der Waals surface area contributed by atoms with Gasteiger partial charge >= 0.3 is 5.97 Å². The number of carbonyl (C=O) groups is 2. The lowest BCUT2D eigenvalue weighted by Crippen LogP contribution is -2.45. The van der Waals surface area contributed by atoms with Crippen LogP contribution in [0.3, 0.4) is 0 Å². The van der Waals surface area contributed by atoms with Crippen LogP contribution in [0.1, 0.15) is 78.6 Å². The fourth-order valence-electron chi connectivity index (χ4n) is 5.01. The molecule has 0 aliphatic carbocycles. The Balaban J connectivity index is 1.59. The Morgan fingerprint density at radius 1 is 0.952 bits per heavy atom. The van der Waals surface area contributed by atoms with Crippen LogP contribution >= 0.6 is 0 Å². The van der Waals surface area contributed by atoms with Crippen LogP contribution in [-0.2, 0) is 16.0 Å². The van der Waals surface area contributed by atoms with Crippen molar-refractivity contribution in [3.63, 3.8) is 0 Å². The Hall–Kier alpha value is -4.16. The highest BCUT2D eigenvalue weighted by atomic mass is 16.6. The van der Waals surface area contributed by atoms with Crippen LogP contribution in [0.5, 0.6) is 0 Å². The summed E-state index contributed by atoms with van der Waals surface area (Å²) in [7, 11) is 1.59. The summed E-state index contributed by atoms with van der Waals surface area (Å²) in [6, 6.07) is 21.7. The van der Waals surface area contributed by atoms with Crippen LogP contribution in [0.2, 0.25) is 0 Å². The Morgan fingerprint density at radius 2 is 1.64 bits per heavy atom. The second kappa shape index (κ2) is 12.4. The highest BCUT2D eigenvalue weighted by Gasteiger charge is 2.24. The van der Waals surface area contributed by atoms with Crippen LogP contribution in [0, 0.1) is 13.8 Å². The summed E-state index contributed by atoms with van der Waals surface area (Å²) in [4.78, 5) is 26.0. The molecule has 4 aromatic rings. The molecule has 1 amide bonds. The molecule has 42 heavy (non-hydrogen) atoms. The number of methoxy groups -OCH3 is 1. The van der Waals surface area contributed by atoms with Crippen molar-refractivity contribution in [3.05, 3.63) is 107 Å². The van der Waals surface area contributed by atoms with Crippen molar-refractivity contribution < 1.29 is 19.1 Å². The Bertz CT molecular complexity index is 1620. The number of amides is 1. The summed E-state index contributed by atoms with van der Waals surface area (Å²) in [6.07, 6.45) is 4.71. The minimum Gasteiger partial charge on any atom is -0.456 e. The Labute approximate surface area is 249 Å². The fraction of sp³-hybridized carbons (Fsp3) is 0.333. The van der Waals surface area contributed by atoms with E-state index in [1.807, 2.05) is 89.2 Å². The molecule has 0 aliphatic heterocycles. The molecule has 0 spiro atoms. The molecule has 1 atom stereocenters. The molecule has 1 heterocycles.